The van der Waals surface area contributed by atoms with Gasteiger partial charge < -0.3 is 20.3 Å². The third-order valence-corrected chi connectivity index (χ3v) is 5.56. The molecule has 2 unspecified atom stereocenters. The number of nitrogens with zero attached hydrogens (tertiary/aromatic N) is 1. The van der Waals surface area contributed by atoms with Crippen molar-refractivity contribution < 1.29 is 19.1 Å². The quantitative estimate of drug-likeness (QED) is 0.444. The molecule has 0 radical (unpaired) electrons. The summed E-state index contributed by atoms with van der Waals surface area (Å²) in [5, 5.41) is 5.67. The van der Waals surface area contributed by atoms with E-state index in [1.807, 2.05) is 52.1 Å². The molecule has 8 heteroatoms. The second kappa shape index (κ2) is 13.4. The van der Waals surface area contributed by atoms with Crippen LogP contribution in [0.4, 0.5) is 4.79 Å². The monoisotopic (exact) mass is 491 g/mol. The van der Waals surface area contributed by atoms with E-state index in [0.29, 0.717) is 12.2 Å². The van der Waals surface area contributed by atoms with Gasteiger partial charge in [0, 0.05) is 12.6 Å². The number of benzene rings is 1. The SMILES string of the molecule is C=CCN(C(=O)C(CCSC)NC(=O)OC(C)(C)C)C(C(=O)NC(C)C)c1ccc(C)cc1C. The van der Waals surface area contributed by atoms with Crippen LogP contribution in [-0.4, -0.2) is 59.0 Å². The summed E-state index contributed by atoms with van der Waals surface area (Å²) < 4.78 is 5.39. The van der Waals surface area contributed by atoms with Gasteiger partial charge in [0.2, 0.25) is 11.8 Å². The fourth-order valence-electron chi connectivity index (χ4n) is 3.55. The molecule has 0 saturated carbocycles. The smallest absolute Gasteiger partial charge is 0.408 e. The fourth-order valence-corrected chi connectivity index (χ4v) is 4.02. The number of thioether (sulfide) groups is 1. The minimum atomic E-state index is -0.870. The number of amides is 3. The van der Waals surface area contributed by atoms with Crippen molar-refractivity contribution in [2.45, 2.75) is 78.6 Å². The van der Waals surface area contributed by atoms with Crippen LogP contribution in [0.25, 0.3) is 0 Å². The molecule has 1 aromatic carbocycles. The van der Waals surface area contributed by atoms with Gasteiger partial charge in [-0.3, -0.25) is 9.59 Å². The number of carbonyl (C=O) groups is 3. The number of alkyl carbamates (subject to hydrolysis) is 1. The number of hydrogen-bond donors (Lipinski definition) is 2. The van der Waals surface area contributed by atoms with E-state index in [1.165, 1.54) is 4.90 Å². The summed E-state index contributed by atoms with van der Waals surface area (Å²) in [6.45, 7) is 16.9. The standard InChI is InChI=1S/C26H41N3O4S/c1-10-14-29(24(31)21(13-15-34-9)28-25(32)33-26(6,7)8)22(23(30)27-17(2)3)20-12-11-18(4)16-19(20)5/h10-12,16-17,21-22H,1,13-15H2,2-9H3,(H,27,30)(H,28,32). The molecule has 0 aliphatic rings. The van der Waals surface area contributed by atoms with Crippen LogP contribution in [0.2, 0.25) is 0 Å². The molecule has 0 fully saturated rings. The van der Waals surface area contributed by atoms with E-state index in [2.05, 4.69) is 17.2 Å². The lowest BCUT2D eigenvalue weighted by Gasteiger charge is -2.35. The third kappa shape index (κ3) is 9.41. The lowest BCUT2D eigenvalue weighted by Crippen LogP contribution is -2.53. The second-order valence-electron chi connectivity index (χ2n) is 9.69. The zero-order valence-corrected chi connectivity index (χ0v) is 22.7. The molecule has 0 aromatic heterocycles. The molecule has 0 heterocycles. The number of carbonyl (C=O) groups excluding carboxylic acids is 3. The van der Waals surface area contributed by atoms with Gasteiger partial charge in [0.05, 0.1) is 0 Å². The highest BCUT2D eigenvalue weighted by molar-refractivity contribution is 7.98. The van der Waals surface area contributed by atoms with Gasteiger partial charge in [0.25, 0.3) is 0 Å². The first-order valence-electron chi connectivity index (χ1n) is 11.6. The lowest BCUT2D eigenvalue weighted by molar-refractivity contribution is -0.142. The largest absolute Gasteiger partial charge is 0.444 e. The molecule has 0 bridgehead atoms. The Kier molecular flexibility index (Phi) is 11.7. The van der Waals surface area contributed by atoms with Gasteiger partial charge in [0.1, 0.15) is 17.7 Å². The molecule has 7 nitrogen and oxygen atoms in total. The third-order valence-electron chi connectivity index (χ3n) is 4.92. The minimum absolute atomic E-state index is 0.103. The second-order valence-corrected chi connectivity index (χ2v) is 10.7. The van der Waals surface area contributed by atoms with Crippen molar-refractivity contribution in [2.24, 2.45) is 0 Å². The van der Waals surface area contributed by atoms with Crippen molar-refractivity contribution >= 4 is 29.7 Å². The Morgan fingerprint density at radius 1 is 1.18 bits per heavy atom. The van der Waals surface area contributed by atoms with Crippen molar-refractivity contribution in [3.63, 3.8) is 0 Å². The van der Waals surface area contributed by atoms with Crippen LogP contribution >= 0.6 is 11.8 Å². The number of nitrogens with one attached hydrogen (secondary N) is 2. The normalized spacial score (nSPS) is 13.1. The zero-order valence-electron chi connectivity index (χ0n) is 21.9. The molecular formula is C26H41N3O4S. The number of hydrogen-bond acceptors (Lipinski definition) is 5. The summed E-state index contributed by atoms with van der Waals surface area (Å²) in [6.07, 6.45) is 3.26. The van der Waals surface area contributed by atoms with E-state index in [4.69, 9.17) is 4.74 Å². The van der Waals surface area contributed by atoms with Crippen LogP contribution in [0.1, 0.15) is 63.8 Å². The van der Waals surface area contributed by atoms with Crippen LogP contribution in [-0.2, 0) is 14.3 Å². The first kappa shape index (κ1) is 29.6. The molecule has 3 amide bonds. The van der Waals surface area contributed by atoms with Crippen LogP contribution in [0.3, 0.4) is 0 Å². The van der Waals surface area contributed by atoms with Gasteiger partial charge in [-0.25, -0.2) is 4.79 Å². The number of ether oxygens (including phenoxy) is 1. The van der Waals surface area contributed by atoms with Crippen LogP contribution in [0, 0.1) is 13.8 Å². The van der Waals surface area contributed by atoms with E-state index in [1.54, 1.807) is 38.6 Å². The van der Waals surface area contributed by atoms with E-state index >= 15 is 0 Å². The fraction of sp³-hybridized carbons (Fsp3) is 0.577. The molecule has 34 heavy (non-hydrogen) atoms. The van der Waals surface area contributed by atoms with Gasteiger partial charge in [-0.15, -0.1) is 6.58 Å². The molecule has 1 rings (SSSR count). The molecule has 190 valence electrons. The van der Waals surface area contributed by atoms with E-state index in [9.17, 15) is 14.4 Å². The first-order valence-corrected chi connectivity index (χ1v) is 13.0. The molecule has 0 spiro atoms. The first-order chi connectivity index (χ1) is 15.8. The minimum Gasteiger partial charge on any atom is -0.444 e. The average molecular weight is 492 g/mol. The average Bonchev–Trinajstić information content (AvgIpc) is 2.69. The maximum atomic E-state index is 13.8. The highest BCUT2D eigenvalue weighted by Gasteiger charge is 2.36. The lowest BCUT2D eigenvalue weighted by atomic mass is 9.96. The summed E-state index contributed by atoms with van der Waals surface area (Å²) in [7, 11) is 0. The van der Waals surface area contributed by atoms with Crippen LogP contribution < -0.4 is 10.6 Å². The van der Waals surface area contributed by atoms with Crippen LogP contribution in [0.5, 0.6) is 0 Å². The topological polar surface area (TPSA) is 87.7 Å². The molecule has 0 saturated heterocycles. The number of aryl methyl sites for hydroxylation is 2. The van der Waals surface area contributed by atoms with Gasteiger partial charge in [0.15, 0.2) is 0 Å². The predicted octanol–water partition coefficient (Wildman–Crippen LogP) is 4.53. The van der Waals surface area contributed by atoms with Gasteiger partial charge in [-0.1, -0.05) is 29.8 Å². The van der Waals surface area contributed by atoms with Crippen molar-refractivity contribution in [1.82, 2.24) is 15.5 Å². The van der Waals surface area contributed by atoms with Crippen molar-refractivity contribution in [1.29, 1.82) is 0 Å². The van der Waals surface area contributed by atoms with E-state index < -0.39 is 23.8 Å². The zero-order chi connectivity index (χ0) is 26.1. The van der Waals surface area contributed by atoms with Crippen molar-refractivity contribution in [3.05, 3.63) is 47.5 Å². The Balaban J connectivity index is 3.46. The highest BCUT2D eigenvalue weighted by Crippen LogP contribution is 2.27. The molecular weight excluding hydrogens is 450 g/mol. The highest BCUT2D eigenvalue weighted by atomic mass is 32.2. The molecule has 2 N–H and O–H groups in total. The Morgan fingerprint density at radius 3 is 2.32 bits per heavy atom. The summed E-state index contributed by atoms with van der Waals surface area (Å²) in [4.78, 5) is 41.3. The van der Waals surface area contributed by atoms with E-state index in [0.717, 1.165) is 16.7 Å². The molecule has 0 aliphatic heterocycles. The Bertz CT molecular complexity index is 864. The van der Waals surface area contributed by atoms with Crippen molar-refractivity contribution in [2.75, 3.05) is 18.6 Å². The predicted molar refractivity (Wildman–Crippen MR) is 140 cm³/mol. The van der Waals surface area contributed by atoms with Crippen molar-refractivity contribution in [3.8, 4) is 0 Å². The van der Waals surface area contributed by atoms with Crippen LogP contribution in [0.15, 0.2) is 30.9 Å². The molecule has 0 aliphatic carbocycles. The maximum Gasteiger partial charge on any atom is 0.408 e. The summed E-state index contributed by atoms with van der Waals surface area (Å²) in [6, 6.07) is 3.99. The van der Waals surface area contributed by atoms with Gasteiger partial charge in [-0.2, -0.15) is 11.8 Å². The molecule has 2 atom stereocenters. The number of rotatable bonds is 11. The maximum absolute atomic E-state index is 13.8. The van der Waals surface area contributed by atoms with Gasteiger partial charge in [-0.05, 0) is 78.0 Å². The summed E-state index contributed by atoms with van der Waals surface area (Å²) in [5.41, 5.74) is 2.01. The Morgan fingerprint density at radius 2 is 1.82 bits per heavy atom. The summed E-state index contributed by atoms with van der Waals surface area (Å²) in [5.74, 6) is 0.0160. The molecule has 1 aromatic rings. The van der Waals surface area contributed by atoms with Gasteiger partial charge >= 0.3 is 6.09 Å². The summed E-state index contributed by atoms with van der Waals surface area (Å²) >= 11 is 1.57. The Labute approximate surface area is 209 Å². The van der Waals surface area contributed by atoms with E-state index in [-0.39, 0.29) is 24.4 Å². The Hall–Kier alpha value is -2.48.